The Morgan fingerprint density at radius 1 is 0.484 bits per heavy atom. The molecule has 0 fully saturated rings. The molecule has 0 spiro atoms. The molecule has 0 bridgehead atoms. The van der Waals surface area contributed by atoms with Crippen molar-refractivity contribution in [3.8, 4) is 0 Å². The van der Waals surface area contributed by atoms with Crippen molar-refractivity contribution in [1.29, 1.82) is 0 Å². The van der Waals surface area contributed by atoms with E-state index in [0.717, 1.165) is 19.5 Å². The Bertz CT molecular complexity index is 240. The van der Waals surface area contributed by atoms with Crippen molar-refractivity contribution in [3.05, 3.63) is 5.32 Å². The molecule has 0 aromatic heterocycles. The van der Waals surface area contributed by atoms with Crippen LogP contribution in [-0.2, 0) is 17.0 Å². The van der Waals surface area contributed by atoms with E-state index in [4.69, 9.17) is 23.7 Å². The van der Waals surface area contributed by atoms with Gasteiger partial charge < -0.3 is 10.4 Å². The summed E-state index contributed by atoms with van der Waals surface area (Å²) in [6.45, 7) is 9.33. The molecule has 0 aliphatic rings. The van der Waals surface area contributed by atoms with Crippen LogP contribution in [0.4, 0.5) is 0 Å². The molecule has 5 heteroatoms. The van der Waals surface area contributed by atoms with Crippen molar-refractivity contribution in [2.45, 2.75) is 149 Å². The molecule has 0 aromatic carbocycles. The zero-order valence-electron chi connectivity index (χ0n) is 21.4. The van der Waals surface area contributed by atoms with Gasteiger partial charge in [-0.1, -0.05) is 143 Å². The van der Waals surface area contributed by atoms with Crippen LogP contribution in [0.25, 0.3) is 5.32 Å². The van der Waals surface area contributed by atoms with Crippen LogP contribution in [0.2, 0.25) is 0 Å². The summed E-state index contributed by atoms with van der Waals surface area (Å²) in [5, 5.41) is 13.0. The second-order valence-electron chi connectivity index (χ2n) is 8.48. The molecule has 0 aliphatic heterocycles. The standard InChI is InChI=1S/C20H42N.C6H14O.2ClH.Ti/c1-3-5-7-9-11-13-15-17-19-21-20-18-16-14-12-10-8-6-4-2;1-2-3-4-5-6-7;;;/h3-20H2,1-2H3;7H,2-6H2,1H3;2*1H;/q-1;;;;+2/p-2. The molecular formula is C26H56Cl2NOTi-. The molecule has 0 unspecified atom stereocenters. The fourth-order valence-electron chi connectivity index (χ4n) is 3.37. The molecule has 0 heterocycles. The minimum absolute atomic E-state index is 0.361. The van der Waals surface area contributed by atoms with Crippen LogP contribution in [0, 0.1) is 0 Å². The first-order valence-corrected chi connectivity index (χ1v) is 17.7. The second kappa shape index (κ2) is 41.5. The van der Waals surface area contributed by atoms with Gasteiger partial charge in [0.2, 0.25) is 0 Å². The molecule has 1 N–H and O–H groups in total. The molecule has 0 amide bonds. The van der Waals surface area contributed by atoms with Gasteiger partial charge >= 0.3 is 35.6 Å². The third-order valence-corrected chi connectivity index (χ3v) is 5.35. The fourth-order valence-corrected chi connectivity index (χ4v) is 3.37. The third-order valence-electron chi connectivity index (χ3n) is 5.35. The van der Waals surface area contributed by atoms with E-state index in [9.17, 15) is 0 Å². The number of rotatable bonds is 22. The first-order valence-electron chi connectivity index (χ1n) is 13.4. The summed E-state index contributed by atoms with van der Waals surface area (Å²) in [6, 6.07) is 0. The predicted octanol–water partition coefficient (Wildman–Crippen LogP) is 10.6. The number of halogens is 2. The topological polar surface area (TPSA) is 34.3 Å². The molecule has 0 saturated heterocycles. The van der Waals surface area contributed by atoms with Gasteiger partial charge in [-0.25, -0.2) is 0 Å². The van der Waals surface area contributed by atoms with Gasteiger partial charge in [0.15, 0.2) is 0 Å². The molecule has 190 valence electrons. The van der Waals surface area contributed by atoms with Crippen molar-refractivity contribution in [1.82, 2.24) is 0 Å². The summed E-state index contributed by atoms with van der Waals surface area (Å²) >= 11 is -0.556. The van der Waals surface area contributed by atoms with E-state index >= 15 is 0 Å². The minimum atomic E-state index is -0.556. The number of aliphatic hydroxyl groups excluding tert-OH is 1. The summed E-state index contributed by atoms with van der Waals surface area (Å²) in [5.74, 6) is 0. The van der Waals surface area contributed by atoms with Gasteiger partial charge in [-0.2, -0.15) is 0 Å². The van der Waals surface area contributed by atoms with E-state index in [-0.39, 0.29) is 0 Å². The van der Waals surface area contributed by atoms with Gasteiger partial charge in [-0.15, -0.1) is 13.1 Å². The van der Waals surface area contributed by atoms with Crippen LogP contribution in [-0.4, -0.2) is 24.8 Å². The summed E-state index contributed by atoms with van der Waals surface area (Å²) < 4.78 is 0. The molecular weight excluding hydrogens is 461 g/mol. The van der Waals surface area contributed by atoms with Crippen LogP contribution in [0.15, 0.2) is 0 Å². The number of nitrogens with zero attached hydrogens (tertiary/aromatic N) is 1. The summed E-state index contributed by atoms with van der Waals surface area (Å²) in [6.07, 6.45) is 27.2. The molecule has 0 saturated carbocycles. The number of hydrogen-bond acceptors (Lipinski definition) is 1. The van der Waals surface area contributed by atoms with Crippen LogP contribution in [0.3, 0.4) is 0 Å². The normalized spacial score (nSPS) is 10.1. The molecule has 2 nitrogen and oxygen atoms in total. The maximum absolute atomic E-state index is 8.29. The molecule has 0 aliphatic carbocycles. The Kier molecular flexibility index (Phi) is 49.2. The third kappa shape index (κ3) is 49.4. The van der Waals surface area contributed by atoms with Crippen molar-refractivity contribution < 1.29 is 22.1 Å². The van der Waals surface area contributed by atoms with Gasteiger partial charge in [-0.3, -0.25) is 0 Å². The first-order chi connectivity index (χ1) is 15.2. The Morgan fingerprint density at radius 2 is 0.742 bits per heavy atom. The number of unbranched alkanes of at least 4 members (excludes halogenated alkanes) is 17. The zero-order chi connectivity index (χ0) is 23.7. The monoisotopic (exact) mass is 516 g/mol. The summed E-state index contributed by atoms with van der Waals surface area (Å²) in [4.78, 5) is 0. The summed E-state index contributed by atoms with van der Waals surface area (Å²) in [7, 11) is 9.78. The second-order valence-corrected chi connectivity index (χ2v) is 11.1. The van der Waals surface area contributed by atoms with Crippen molar-refractivity contribution >= 4 is 18.6 Å². The predicted molar refractivity (Wildman–Crippen MR) is 141 cm³/mol. The van der Waals surface area contributed by atoms with E-state index in [1.165, 1.54) is 122 Å². The Morgan fingerprint density at radius 3 is 1.03 bits per heavy atom. The quantitative estimate of drug-likeness (QED) is 0.112. The van der Waals surface area contributed by atoms with E-state index in [0.29, 0.717) is 6.61 Å². The van der Waals surface area contributed by atoms with E-state index < -0.39 is 17.0 Å². The van der Waals surface area contributed by atoms with Crippen LogP contribution >= 0.6 is 18.6 Å². The van der Waals surface area contributed by atoms with Crippen LogP contribution < -0.4 is 0 Å². The van der Waals surface area contributed by atoms with Crippen molar-refractivity contribution in [3.63, 3.8) is 0 Å². The van der Waals surface area contributed by atoms with E-state index in [1.807, 2.05) is 0 Å². The molecule has 0 radical (unpaired) electrons. The number of aliphatic hydroxyl groups is 1. The van der Waals surface area contributed by atoms with E-state index in [2.05, 4.69) is 26.1 Å². The molecule has 31 heavy (non-hydrogen) atoms. The Balaban J connectivity index is -0.000000650. The van der Waals surface area contributed by atoms with Gasteiger partial charge in [0.25, 0.3) is 0 Å². The Labute approximate surface area is 214 Å². The Hall–Kier alpha value is 1.21. The van der Waals surface area contributed by atoms with Crippen molar-refractivity contribution in [2.75, 3.05) is 19.7 Å². The summed E-state index contributed by atoms with van der Waals surface area (Å²) in [5.41, 5.74) is 0. The van der Waals surface area contributed by atoms with Crippen LogP contribution in [0.5, 0.6) is 0 Å². The fraction of sp³-hybridized carbons (Fsp3) is 1.00. The molecule has 0 aromatic rings. The first kappa shape index (κ1) is 36.8. The average Bonchev–Trinajstić information content (AvgIpc) is 2.77. The average molecular weight is 518 g/mol. The SMILES string of the molecule is CCCCCCCCCC[N-]CCCCCCCCCC.CCCCCCO.[Cl][Ti][Cl]. The van der Waals surface area contributed by atoms with Gasteiger partial charge in [-0.05, 0) is 6.42 Å². The van der Waals surface area contributed by atoms with Crippen molar-refractivity contribution in [2.24, 2.45) is 0 Å². The molecule has 0 rings (SSSR count). The van der Waals surface area contributed by atoms with E-state index in [1.54, 1.807) is 0 Å². The van der Waals surface area contributed by atoms with Gasteiger partial charge in [0.05, 0.1) is 0 Å². The van der Waals surface area contributed by atoms with Crippen LogP contribution in [0.1, 0.15) is 149 Å². The maximum atomic E-state index is 8.29. The molecule has 0 atom stereocenters. The number of hydrogen-bond donors (Lipinski definition) is 1. The van der Waals surface area contributed by atoms with Gasteiger partial charge in [0.1, 0.15) is 0 Å². The van der Waals surface area contributed by atoms with Gasteiger partial charge in [0, 0.05) is 6.61 Å². The zero-order valence-corrected chi connectivity index (χ0v) is 24.5.